The largest absolute Gasteiger partial charge is 0.444 e. The average molecular weight is 501 g/mol. The number of aliphatic hydroxyl groups excluding tert-OH is 1. The van der Waals surface area contributed by atoms with Crippen molar-refractivity contribution in [1.29, 1.82) is 0 Å². The zero-order valence-electron chi connectivity index (χ0n) is 22.3. The molecular weight excluding hydrogens is 460 g/mol. The molecule has 3 aromatic carbocycles. The van der Waals surface area contributed by atoms with Crippen LogP contribution in [0.25, 0.3) is 0 Å². The number of carbonyl (C=O) groups is 1. The number of amides is 1. The minimum Gasteiger partial charge on any atom is -0.444 e. The molecule has 1 aliphatic heterocycles. The van der Waals surface area contributed by atoms with Crippen molar-refractivity contribution in [2.45, 2.75) is 76.9 Å². The molecule has 0 radical (unpaired) electrons. The van der Waals surface area contributed by atoms with Gasteiger partial charge in [-0.1, -0.05) is 91.0 Å². The molecule has 1 N–H and O–H groups in total. The van der Waals surface area contributed by atoms with Crippen LogP contribution in [-0.2, 0) is 24.2 Å². The fourth-order valence-corrected chi connectivity index (χ4v) is 5.20. The van der Waals surface area contributed by atoms with Crippen LogP contribution in [0.2, 0.25) is 0 Å². The third-order valence-corrected chi connectivity index (χ3v) is 6.93. The lowest BCUT2D eigenvalue weighted by Gasteiger charge is -2.40. The summed E-state index contributed by atoms with van der Waals surface area (Å²) >= 11 is 0. The summed E-state index contributed by atoms with van der Waals surface area (Å²) in [7, 11) is 0. The van der Waals surface area contributed by atoms with Gasteiger partial charge in [0, 0.05) is 25.7 Å². The summed E-state index contributed by atoms with van der Waals surface area (Å²) in [4.78, 5) is 17.2. The SMILES string of the molecule is CC(C)(C)OC(=O)N1CCCC1C(O)C(Cc1ccccc1)N(Cc1ccccc1)Cc1ccccc1. The third-order valence-electron chi connectivity index (χ3n) is 6.93. The number of aliphatic hydroxyl groups is 1. The second-order valence-electron chi connectivity index (χ2n) is 11.0. The summed E-state index contributed by atoms with van der Waals surface area (Å²) in [6.45, 7) is 7.64. The van der Waals surface area contributed by atoms with E-state index in [2.05, 4.69) is 65.6 Å². The Morgan fingerprint density at radius 2 is 1.38 bits per heavy atom. The normalized spacial score (nSPS) is 17.5. The van der Waals surface area contributed by atoms with Crippen molar-refractivity contribution in [1.82, 2.24) is 9.80 Å². The van der Waals surface area contributed by atoms with Gasteiger partial charge in [-0.2, -0.15) is 0 Å². The predicted octanol–water partition coefficient (Wildman–Crippen LogP) is 6.06. The highest BCUT2D eigenvalue weighted by atomic mass is 16.6. The Hall–Kier alpha value is -3.15. The number of nitrogens with zero attached hydrogens (tertiary/aromatic N) is 2. The highest BCUT2D eigenvalue weighted by molar-refractivity contribution is 5.69. The molecule has 5 nitrogen and oxygen atoms in total. The summed E-state index contributed by atoms with van der Waals surface area (Å²) in [6.07, 6.45) is 1.22. The highest BCUT2D eigenvalue weighted by Gasteiger charge is 2.41. The molecule has 3 aromatic rings. The zero-order chi connectivity index (χ0) is 26.3. The van der Waals surface area contributed by atoms with Crippen molar-refractivity contribution in [3.05, 3.63) is 108 Å². The van der Waals surface area contributed by atoms with E-state index in [0.717, 1.165) is 12.8 Å². The third kappa shape index (κ3) is 7.67. The molecule has 0 saturated carbocycles. The average Bonchev–Trinajstić information content (AvgIpc) is 3.38. The zero-order valence-corrected chi connectivity index (χ0v) is 22.3. The quantitative estimate of drug-likeness (QED) is 0.388. The van der Waals surface area contributed by atoms with Crippen LogP contribution < -0.4 is 0 Å². The first-order valence-corrected chi connectivity index (χ1v) is 13.3. The van der Waals surface area contributed by atoms with Crippen LogP contribution in [0.3, 0.4) is 0 Å². The number of hydrogen-bond acceptors (Lipinski definition) is 4. The van der Waals surface area contributed by atoms with Crippen molar-refractivity contribution in [2.24, 2.45) is 0 Å². The number of rotatable bonds is 9. The van der Waals surface area contributed by atoms with E-state index in [9.17, 15) is 9.90 Å². The van der Waals surface area contributed by atoms with Gasteiger partial charge in [0.1, 0.15) is 5.60 Å². The van der Waals surface area contributed by atoms with E-state index in [1.807, 2.05) is 51.1 Å². The van der Waals surface area contributed by atoms with E-state index >= 15 is 0 Å². The predicted molar refractivity (Wildman–Crippen MR) is 148 cm³/mol. The number of hydrogen-bond donors (Lipinski definition) is 1. The van der Waals surface area contributed by atoms with Crippen molar-refractivity contribution < 1.29 is 14.6 Å². The lowest BCUT2D eigenvalue weighted by atomic mass is 9.92. The molecule has 0 aliphatic carbocycles. The second kappa shape index (κ2) is 12.4. The molecule has 0 aromatic heterocycles. The fraction of sp³-hybridized carbons (Fsp3) is 0.406. The maximum absolute atomic E-state index is 13.1. The first kappa shape index (κ1) is 26.9. The van der Waals surface area contributed by atoms with Crippen LogP contribution in [0.4, 0.5) is 4.79 Å². The van der Waals surface area contributed by atoms with Crippen LogP contribution in [0.1, 0.15) is 50.3 Å². The Kier molecular flexibility index (Phi) is 9.01. The van der Waals surface area contributed by atoms with Crippen LogP contribution in [0.15, 0.2) is 91.0 Å². The molecular formula is C32H40N2O3. The summed E-state index contributed by atoms with van der Waals surface area (Å²) in [5, 5.41) is 12.0. The van der Waals surface area contributed by atoms with Crippen molar-refractivity contribution in [3.63, 3.8) is 0 Å². The van der Waals surface area contributed by atoms with Gasteiger partial charge in [-0.15, -0.1) is 0 Å². The Balaban J connectivity index is 1.67. The molecule has 1 saturated heterocycles. The van der Waals surface area contributed by atoms with Crippen LogP contribution >= 0.6 is 0 Å². The number of benzene rings is 3. The lowest BCUT2D eigenvalue weighted by Crippen LogP contribution is -2.54. The van der Waals surface area contributed by atoms with Crippen LogP contribution in [0.5, 0.6) is 0 Å². The highest BCUT2D eigenvalue weighted by Crippen LogP contribution is 2.29. The standard InChI is InChI=1S/C32H40N2O3/c1-32(2,3)37-31(36)34-21-13-20-28(34)30(35)29(22-25-14-7-4-8-15-25)33(23-26-16-9-5-10-17-26)24-27-18-11-6-12-19-27/h4-12,14-19,28-30,35H,13,20-24H2,1-3H3. The molecule has 3 atom stereocenters. The van der Waals surface area contributed by atoms with Crippen molar-refractivity contribution in [3.8, 4) is 0 Å². The van der Waals surface area contributed by atoms with Crippen molar-refractivity contribution >= 4 is 6.09 Å². The van der Waals surface area contributed by atoms with Crippen LogP contribution in [0, 0.1) is 0 Å². The Morgan fingerprint density at radius 3 is 1.86 bits per heavy atom. The molecule has 1 aliphatic rings. The van der Waals surface area contributed by atoms with Crippen LogP contribution in [-0.4, -0.2) is 51.3 Å². The maximum Gasteiger partial charge on any atom is 0.410 e. The Labute approximate surface area is 221 Å². The van der Waals surface area contributed by atoms with Gasteiger partial charge in [0.2, 0.25) is 0 Å². The first-order chi connectivity index (χ1) is 17.8. The molecule has 5 heteroatoms. The maximum atomic E-state index is 13.1. The van der Waals surface area contributed by atoms with Gasteiger partial charge < -0.3 is 14.7 Å². The van der Waals surface area contributed by atoms with E-state index in [1.54, 1.807) is 4.90 Å². The summed E-state index contributed by atoms with van der Waals surface area (Å²) in [5.41, 5.74) is 2.98. The van der Waals surface area contributed by atoms with E-state index in [1.165, 1.54) is 16.7 Å². The van der Waals surface area contributed by atoms with E-state index in [-0.39, 0.29) is 18.2 Å². The Bertz CT molecular complexity index is 1060. The molecule has 1 fully saturated rings. The minimum absolute atomic E-state index is 0.198. The second-order valence-corrected chi connectivity index (χ2v) is 11.0. The van der Waals surface area contributed by atoms with Gasteiger partial charge in [-0.3, -0.25) is 4.90 Å². The molecule has 0 spiro atoms. The molecule has 196 valence electrons. The van der Waals surface area contributed by atoms with E-state index in [0.29, 0.717) is 26.1 Å². The fourth-order valence-electron chi connectivity index (χ4n) is 5.20. The monoisotopic (exact) mass is 500 g/mol. The van der Waals surface area contributed by atoms with Crippen molar-refractivity contribution in [2.75, 3.05) is 6.54 Å². The molecule has 0 bridgehead atoms. The number of likely N-dealkylation sites (tertiary alicyclic amines) is 1. The van der Waals surface area contributed by atoms with Gasteiger partial charge in [-0.25, -0.2) is 4.79 Å². The smallest absolute Gasteiger partial charge is 0.410 e. The molecule has 4 rings (SSSR count). The Morgan fingerprint density at radius 1 is 0.892 bits per heavy atom. The van der Waals surface area contributed by atoms with E-state index in [4.69, 9.17) is 4.74 Å². The number of ether oxygens (including phenoxy) is 1. The molecule has 37 heavy (non-hydrogen) atoms. The molecule has 1 amide bonds. The van der Waals surface area contributed by atoms with Gasteiger partial charge in [-0.05, 0) is 56.7 Å². The lowest BCUT2D eigenvalue weighted by molar-refractivity contribution is -0.0250. The minimum atomic E-state index is -0.734. The summed E-state index contributed by atoms with van der Waals surface area (Å²) < 4.78 is 5.71. The van der Waals surface area contributed by atoms with Gasteiger partial charge in [0.25, 0.3) is 0 Å². The number of carbonyl (C=O) groups excluding carboxylic acids is 1. The topological polar surface area (TPSA) is 53.0 Å². The summed E-state index contributed by atoms with van der Waals surface area (Å²) in [6, 6.07) is 30.6. The first-order valence-electron chi connectivity index (χ1n) is 13.3. The summed E-state index contributed by atoms with van der Waals surface area (Å²) in [5.74, 6) is 0. The van der Waals surface area contributed by atoms with Gasteiger partial charge >= 0.3 is 6.09 Å². The van der Waals surface area contributed by atoms with E-state index < -0.39 is 11.7 Å². The van der Waals surface area contributed by atoms with Gasteiger partial charge in [0.05, 0.1) is 12.1 Å². The molecule has 3 unspecified atom stereocenters. The molecule has 1 heterocycles. The van der Waals surface area contributed by atoms with Gasteiger partial charge in [0.15, 0.2) is 0 Å².